The van der Waals surface area contributed by atoms with Gasteiger partial charge in [0.1, 0.15) is 11.4 Å². The lowest BCUT2D eigenvalue weighted by atomic mass is 10.1. The molecule has 2 heterocycles. The van der Waals surface area contributed by atoms with Crippen LogP contribution in [0.25, 0.3) is 16.6 Å². The van der Waals surface area contributed by atoms with E-state index in [1.165, 1.54) is 10.6 Å². The summed E-state index contributed by atoms with van der Waals surface area (Å²) in [4.78, 5) is 62.5. The minimum absolute atomic E-state index is 0.0590. The van der Waals surface area contributed by atoms with Gasteiger partial charge in [0.25, 0.3) is 11.5 Å². The lowest BCUT2D eigenvalue weighted by Gasteiger charge is -2.19. The molecule has 12 heteroatoms. The highest BCUT2D eigenvalue weighted by molar-refractivity contribution is 6.11. The molecule has 0 unspecified atom stereocenters. The SMILES string of the molecule is CC(C)(C)OC(=O)NCCCc1nc2cccc(C(=O)Nc3ncc(C(=O)O)cn3)c2c(=O)n1-c1ccccc1. The number of aromatic nitrogens is 4. The molecular formula is C28H28N6O6. The zero-order valence-corrected chi connectivity index (χ0v) is 22.2. The molecule has 2 aromatic carbocycles. The molecule has 40 heavy (non-hydrogen) atoms. The molecule has 2 aromatic heterocycles. The number of hydrogen-bond donors (Lipinski definition) is 3. The lowest BCUT2D eigenvalue weighted by Crippen LogP contribution is -2.33. The summed E-state index contributed by atoms with van der Waals surface area (Å²) >= 11 is 0. The number of ether oxygens (including phenoxy) is 1. The number of hydrogen-bond acceptors (Lipinski definition) is 8. The van der Waals surface area contributed by atoms with E-state index < -0.39 is 29.1 Å². The average molecular weight is 545 g/mol. The second-order valence-electron chi connectivity index (χ2n) is 9.79. The largest absolute Gasteiger partial charge is 0.478 e. The van der Waals surface area contributed by atoms with E-state index >= 15 is 0 Å². The number of nitrogens with one attached hydrogen (secondary N) is 2. The molecule has 206 valence electrons. The molecule has 4 rings (SSSR count). The molecule has 0 aliphatic heterocycles. The maximum absolute atomic E-state index is 13.9. The first kappa shape index (κ1) is 27.9. The van der Waals surface area contributed by atoms with E-state index in [4.69, 9.17) is 14.8 Å². The predicted octanol–water partition coefficient (Wildman–Crippen LogP) is 3.58. The standard InChI is InChI=1S/C28H28N6O6/c1-28(2,3)40-27(39)29-14-8-13-21-32-20-12-7-11-19(22(20)24(36)34(21)18-9-5-4-6-10-18)23(35)33-26-30-15-17(16-31-26)25(37)38/h4-7,9-12,15-16H,8,13-14H2,1-3H3,(H,29,39)(H,37,38)(H,30,31,33,35). The molecule has 0 saturated heterocycles. The van der Waals surface area contributed by atoms with E-state index in [0.29, 0.717) is 36.4 Å². The second-order valence-corrected chi connectivity index (χ2v) is 9.79. The van der Waals surface area contributed by atoms with Gasteiger partial charge in [-0.05, 0) is 51.5 Å². The Morgan fingerprint density at radius 1 is 1.00 bits per heavy atom. The number of carboxylic acids is 1. The Balaban J connectivity index is 1.66. The summed E-state index contributed by atoms with van der Waals surface area (Å²) in [5.74, 6) is -1.50. The maximum Gasteiger partial charge on any atom is 0.407 e. The Hall–Kier alpha value is -5.13. The van der Waals surface area contributed by atoms with Crippen LogP contribution in [0.3, 0.4) is 0 Å². The van der Waals surface area contributed by atoms with E-state index in [0.717, 1.165) is 12.4 Å². The summed E-state index contributed by atoms with van der Waals surface area (Å²) in [6.07, 6.45) is 2.45. The minimum atomic E-state index is -1.20. The van der Waals surface area contributed by atoms with Crippen molar-refractivity contribution in [1.82, 2.24) is 24.8 Å². The summed E-state index contributed by atoms with van der Waals surface area (Å²) < 4.78 is 6.71. The van der Waals surface area contributed by atoms with E-state index in [2.05, 4.69) is 20.6 Å². The number of benzene rings is 2. The number of carboxylic acid groups (broad SMARTS) is 1. The van der Waals surface area contributed by atoms with E-state index in [1.807, 2.05) is 6.07 Å². The van der Waals surface area contributed by atoms with Gasteiger partial charge in [-0.2, -0.15) is 0 Å². The van der Waals surface area contributed by atoms with Crippen LogP contribution in [0.5, 0.6) is 0 Å². The molecule has 0 saturated carbocycles. The Kier molecular flexibility index (Phi) is 8.18. The van der Waals surface area contributed by atoms with Gasteiger partial charge in [0, 0.05) is 25.4 Å². The van der Waals surface area contributed by atoms with Crippen molar-refractivity contribution in [2.75, 3.05) is 11.9 Å². The molecule has 0 fully saturated rings. The Labute approximate surface area is 229 Å². The molecule has 0 aliphatic rings. The number of anilines is 1. The topological polar surface area (TPSA) is 165 Å². The fourth-order valence-electron chi connectivity index (χ4n) is 3.90. The van der Waals surface area contributed by atoms with Crippen molar-refractivity contribution in [1.29, 1.82) is 0 Å². The fraction of sp³-hybridized carbons (Fsp3) is 0.250. The van der Waals surface area contributed by atoms with E-state index in [1.54, 1.807) is 57.2 Å². The van der Waals surface area contributed by atoms with Crippen molar-refractivity contribution in [3.63, 3.8) is 0 Å². The van der Waals surface area contributed by atoms with Gasteiger partial charge < -0.3 is 15.2 Å². The van der Waals surface area contributed by atoms with Crippen molar-refractivity contribution in [3.05, 3.63) is 88.2 Å². The van der Waals surface area contributed by atoms with Gasteiger partial charge in [-0.25, -0.2) is 24.5 Å². The molecule has 12 nitrogen and oxygen atoms in total. The summed E-state index contributed by atoms with van der Waals surface area (Å²) in [5.41, 5.74) is -0.243. The first-order chi connectivity index (χ1) is 19.0. The van der Waals surface area contributed by atoms with Gasteiger partial charge in [0.2, 0.25) is 5.95 Å². The van der Waals surface area contributed by atoms with Gasteiger partial charge in [-0.3, -0.25) is 19.5 Å². The smallest absolute Gasteiger partial charge is 0.407 e. The average Bonchev–Trinajstić information content (AvgIpc) is 2.90. The number of fused-ring (bicyclic) bond motifs is 1. The lowest BCUT2D eigenvalue weighted by molar-refractivity contribution is 0.0526. The van der Waals surface area contributed by atoms with Crippen LogP contribution < -0.4 is 16.2 Å². The highest BCUT2D eigenvalue weighted by Gasteiger charge is 2.20. The highest BCUT2D eigenvalue weighted by Crippen LogP contribution is 2.19. The van der Waals surface area contributed by atoms with Crippen molar-refractivity contribution < 1.29 is 24.2 Å². The number of carbonyl (C=O) groups excluding carboxylic acids is 2. The Bertz CT molecular complexity index is 1610. The molecule has 2 amide bonds. The number of carbonyl (C=O) groups is 3. The molecule has 0 bridgehead atoms. The summed E-state index contributed by atoms with van der Waals surface area (Å²) in [6.45, 7) is 5.64. The zero-order chi connectivity index (χ0) is 28.9. The molecule has 0 atom stereocenters. The number of alkyl carbamates (subject to hydrolysis) is 1. The molecule has 0 spiro atoms. The van der Waals surface area contributed by atoms with Crippen LogP contribution >= 0.6 is 0 Å². The number of amides is 2. The van der Waals surface area contributed by atoms with Gasteiger partial charge in [-0.1, -0.05) is 24.3 Å². The first-order valence-electron chi connectivity index (χ1n) is 12.5. The van der Waals surface area contributed by atoms with Crippen LogP contribution in [-0.4, -0.2) is 54.7 Å². The number of aromatic carboxylic acids is 1. The van der Waals surface area contributed by atoms with E-state index in [9.17, 15) is 19.2 Å². The molecular weight excluding hydrogens is 516 g/mol. The molecule has 3 N–H and O–H groups in total. The van der Waals surface area contributed by atoms with Gasteiger partial charge in [-0.15, -0.1) is 0 Å². The van der Waals surface area contributed by atoms with Gasteiger partial charge >= 0.3 is 12.1 Å². The number of rotatable bonds is 8. The highest BCUT2D eigenvalue weighted by atomic mass is 16.6. The van der Waals surface area contributed by atoms with Gasteiger partial charge in [0.05, 0.1) is 27.7 Å². The zero-order valence-electron chi connectivity index (χ0n) is 22.2. The summed E-state index contributed by atoms with van der Waals surface area (Å²) in [7, 11) is 0. The van der Waals surface area contributed by atoms with Crippen molar-refractivity contribution in [3.8, 4) is 5.69 Å². The predicted molar refractivity (Wildman–Crippen MR) is 147 cm³/mol. The minimum Gasteiger partial charge on any atom is -0.478 e. The quantitative estimate of drug-likeness (QED) is 0.281. The maximum atomic E-state index is 13.9. The van der Waals surface area contributed by atoms with Crippen molar-refractivity contribution >= 4 is 34.8 Å². The second kappa shape index (κ2) is 11.7. The van der Waals surface area contributed by atoms with Crippen LogP contribution in [0, 0.1) is 0 Å². The van der Waals surface area contributed by atoms with Crippen LogP contribution in [0.1, 0.15) is 53.7 Å². The van der Waals surface area contributed by atoms with Crippen LogP contribution in [0.2, 0.25) is 0 Å². The number of para-hydroxylation sites is 1. The van der Waals surface area contributed by atoms with Crippen LogP contribution in [-0.2, 0) is 11.2 Å². The summed E-state index contributed by atoms with van der Waals surface area (Å²) in [5, 5.41) is 14.3. The summed E-state index contributed by atoms with van der Waals surface area (Å²) in [6, 6.07) is 13.7. The van der Waals surface area contributed by atoms with Crippen molar-refractivity contribution in [2.24, 2.45) is 0 Å². The number of nitrogens with zero attached hydrogens (tertiary/aromatic N) is 4. The third kappa shape index (κ3) is 6.65. The molecule has 0 aliphatic carbocycles. The first-order valence-corrected chi connectivity index (χ1v) is 12.5. The van der Waals surface area contributed by atoms with E-state index in [-0.39, 0.29) is 22.5 Å². The van der Waals surface area contributed by atoms with Crippen LogP contribution in [0.4, 0.5) is 10.7 Å². The number of aryl methyl sites for hydroxylation is 1. The third-order valence-electron chi connectivity index (χ3n) is 5.60. The monoisotopic (exact) mass is 544 g/mol. The molecule has 0 radical (unpaired) electrons. The molecule has 4 aromatic rings. The van der Waals surface area contributed by atoms with Gasteiger partial charge in [0.15, 0.2) is 0 Å². The third-order valence-corrected chi connectivity index (χ3v) is 5.60. The Morgan fingerprint density at radius 2 is 1.70 bits per heavy atom. The van der Waals surface area contributed by atoms with Crippen LogP contribution in [0.15, 0.2) is 65.7 Å². The fourth-order valence-corrected chi connectivity index (χ4v) is 3.90. The normalized spacial score (nSPS) is 11.2. The van der Waals surface area contributed by atoms with Crippen molar-refractivity contribution in [2.45, 2.75) is 39.2 Å². The Morgan fingerprint density at radius 3 is 2.35 bits per heavy atom.